The van der Waals surface area contributed by atoms with E-state index in [0.717, 1.165) is 44.6 Å². The minimum Gasteiger partial charge on any atom is -0.496 e. The second kappa shape index (κ2) is 9.93. The zero-order valence-electron chi connectivity index (χ0n) is 17.6. The van der Waals surface area contributed by atoms with Gasteiger partial charge in [0.05, 0.1) is 7.11 Å². The van der Waals surface area contributed by atoms with E-state index in [0.29, 0.717) is 6.42 Å². The highest BCUT2D eigenvalue weighted by atomic mass is 127. The number of fused-ring (bicyclic) bond motifs is 1. The Morgan fingerprint density at radius 1 is 1.19 bits per heavy atom. The van der Waals surface area contributed by atoms with Crippen molar-refractivity contribution >= 4 is 47.3 Å². The third-order valence-corrected chi connectivity index (χ3v) is 7.13. The molecule has 2 aromatic carbocycles. The zero-order chi connectivity index (χ0) is 22.7. The molecule has 0 saturated heterocycles. The molecule has 164 valence electrons. The van der Waals surface area contributed by atoms with E-state index in [-0.39, 0.29) is 0 Å². The molecule has 0 aliphatic rings. The number of aliphatic carboxylic acids is 1. The first-order chi connectivity index (χ1) is 15.5. The number of nitrogens with one attached hydrogen (secondary N) is 1. The van der Waals surface area contributed by atoms with Crippen LogP contribution in [0.15, 0.2) is 67.0 Å². The Bertz CT molecular complexity index is 1270. The Hall–Kier alpha value is -2.56. The minimum atomic E-state index is -0.861. The molecule has 1 atom stereocenters. The number of hydrogen-bond donors (Lipinski definition) is 2. The van der Waals surface area contributed by atoms with Crippen LogP contribution in [-0.2, 0) is 11.2 Å². The van der Waals surface area contributed by atoms with Gasteiger partial charge in [-0.15, -0.1) is 0 Å². The summed E-state index contributed by atoms with van der Waals surface area (Å²) in [6, 6.07) is 17.4. The van der Waals surface area contributed by atoms with Crippen LogP contribution >= 0.6 is 30.3 Å². The molecule has 0 bridgehead atoms. The van der Waals surface area contributed by atoms with Crippen molar-refractivity contribution in [1.82, 2.24) is 14.3 Å². The van der Waals surface area contributed by atoms with Crippen LogP contribution < -0.4 is 10.1 Å². The number of benzene rings is 2. The Morgan fingerprint density at radius 3 is 2.72 bits per heavy atom. The highest BCUT2D eigenvalue weighted by Gasteiger charge is 2.17. The smallest absolute Gasteiger partial charge is 0.321 e. The zero-order valence-corrected chi connectivity index (χ0v) is 20.6. The molecule has 4 rings (SSSR count). The molecule has 6 nitrogen and oxygen atoms in total. The molecule has 0 radical (unpaired) electrons. The maximum atomic E-state index is 11.4. The van der Waals surface area contributed by atoms with Gasteiger partial charge in [-0.05, 0) is 36.7 Å². The van der Waals surface area contributed by atoms with Gasteiger partial charge in [-0.2, -0.15) is 0 Å². The number of nitrogens with zero attached hydrogens (tertiary/aromatic N) is 2. The van der Waals surface area contributed by atoms with Gasteiger partial charge in [-0.1, -0.05) is 42.5 Å². The number of methoxy groups -OCH3 is 1. The average molecular weight is 559 g/mol. The average Bonchev–Trinajstić information content (AvgIpc) is 3.20. The summed E-state index contributed by atoms with van der Waals surface area (Å²) < 4.78 is 7.64. The number of aromatic nitrogens is 2. The van der Waals surface area contributed by atoms with Crippen molar-refractivity contribution in [1.29, 1.82) is 0 Å². The molecule has 32 heavy (non-hydrogen) atoms. The van der Waals surface area contributed by atoms with E-state index in [9.17, 15) is 9.90 Å². The van der Waals surface area contributed by atoms with Crippen molar-refractivity contribution in [2.45, 2.75) is 12.5 Å². The molecule has 0 aliphatic carbocycles. The van der Waals surface area contributed by atoms with Crippen LogP contribution in [0.2, 0.25) is 0 Å². The second-order valence-corrected chi connectivity index (χ2v) is 9.03. The second-order valence-electron chi connectivity index (χ2n) is 7.32. The van der Waals surface area contributed by atoms with Crippen LogP contribution in [0, 0.1) is 0 Å². The van der Waals surface area contributed by atoms with Crippen molar-refractivity contribution in [3.05, 3.63) is 72.6 Å². The van der Waals surface area contributed by atoms with Crippen LogP contribution in [-0.4, -0.2) is 40.2 Å². The number of rotatable bonds is 8. The maximum Gasteiger partial charge on any atom is 0.321 e. The standard InChI is InChI=1S/C24H22IN3O3S/c1-26-21(24(29)30)11-15-6-5-7-16(10-15)17-12-19-20(14-28(32-25)23(19)27-13-17)18-8-3-4-9-22(18)31-2/h3-10,12-14,21,26H,11H2,1-2H3,(H,29,30). The van der Waals surface area contributed by atoms with Gasteiger partial charge in [0.25, 0.3) is 0 Å². The summed E-state index contributed by atoms with van der Waals surface area (Å²) in [5, 5.41) is 13.2. The van der Waals surface area contributed by atoms with E-state index >= 15 is 0 Å². The van der Waals surface area contributed by atoms with Crippen molar-refractivity contribution < 1.29 is 14.6 Å². The Morgan fingerprint density at radius 2 is 2.00 bits per heavy atom. The van der Waals surface area contributed by atoms with E-state index in [1.165, 1.54) is 0 Å². The maximum absolute atomic E-state index is 11.4. The van der Waals surface area contributed by atoms with Crippen LogP contribution in [0.1, 0.15) is 5.56 Å². The number of para-hydroxylation sites is 1. The number of hydrogen-bond acceptors (Lipinski definition) is 5. The Kier molecular flexibility index (Phi) is 7.02. The van der Waals surface area contributed by atoms with Crippen molar-refractivity contribution in [3.63, 3.8) is 0 Å². The van der Waals surface area contributed by atoms with Gasteiger partial charge in [0.15, 0.2) is 5.65 Å². The molecule has 0 aliphatic heterocycles. The van der Waals surface area contributed by atoms with Crippen LogP contribution in [0.3, 0.4) is 0 Å². The number of carboxylic acid groups (broad SMARTS) is 1. The first-order valence-electron chi connectivity index (χ1n) is 9.98. The van der Waals surface area contributed by atoms with E-state index < -0.39 is 12.0 Å². The SMILES string of the molecule is CNC(Cc1cccc(-c2cnc3c(c2)c(-c2ccccc2OC)cn3SI)c1)C(=O)O. The van der Waals surface area contributed by atoms with Crippen LogP contribution in [0.25, 0.3) is 33.3 Å². The number of carbonyl (C=O) groups is 1. The highest BCUT2D eigenvalue weighted by molar-refractivity contribution is 14.2. The molecule has 1 unspecified atom stereocenters. The predicted octanol–water partition coefficient (Wildman–Crippen LogP) is 5.44. The fourth-order valence-corrected chi connectivity index (χ4v) is 5.05. The van der Waals surface area contributed by atoms with E-state index in [1.54, 1.807) is 23.3 Å². The molecule has 2 N–H and O–H groups in total. The molecular formula is C24H22IN3O3S. The summed E-state index contributed by atoms with van der Waals surface area (Å²) in [6.45, 7) is 0. The Balaban J connectivity index is 1.80. The highest BCUT2D eigenvalue weighted by Crippen LogP contribution is 2.39. The number of carboxylic acids is 1. The lowest BCUT2D eigenvalue weighted by atomic mass is 9.98. The van der Waals surface area contributed by atoms with Gasteiger partial charge in [-0.3, -0.25) is 8.77 Å². The third kappa shape index (κ3) is 4.48. The third-order valence-electron chi connectivity index (χ3n) is 5.43. The normalized spacial score (nSPS) is 12.1. The number of halogens is 1. The number of pyridine rings is 1. The molecule has 4 aromatic rings. The lowest BCUT2D eigenvalue weighted by Crippen LogP contribution is -2.35. The molecule has 0 amide bonds. The number of likely N-dealkylation sites (N-methyl/N-ethyl adjacent to an activating group) is 1. The summed E-state index contributed by atoms with van der Waals surface area (Å²) in [5.74, 6) is -0.0516. The molecule has 0 spiro atoms. The summed E-state index contributed by atoms with van der Waals surface area (Å²) in [5.41, 5.74) is 5.87. The van der Waals surface area contributed by atoms with Gasteiger partial charge >= 0.3 is 5.97 Å². The lowest BCUT2D eigenvalue weighted by molar-refractivity contribution is -0.139. The van der Waals surface area contributed by atoms with Gasteiger partial charge in [-0.25, -0.2) is 4.98 Å². The summed E-state index contributed by atoms with van der Waals surface area (Å²) in [6.07, 6.45) is 4.35. The lowest BCUT2D eigenvalue weighted by Gasteiger charge is -2.12. The van der Waals surface area contributed by atoms with Crippen molar-refractivity contribution in [2.75, 3.05) is 14.2 Å². The largest absolute Gasteiger partial charge is 0.496 e. The van der Waals surface area contributed by atoms with E-state index in [1.807, 2.05) is 58.7 Å². The molecule has 0 fully saturated rings. The molecule has 2 heterocycles. The summed E-state index contributed by atoms with van der Waals surface area (Å²) in [7, 11) is 4.90. The van der Waals surface area contributed by atoms with Gasteiger partial charge in [0, 0.05) is 64.8 Å². The van der Waals surface area contributed by atoms with Gasteiger partial charge < -0.3 is 15.2 Å². The summed E-state index contributed by atoms with van der Waals surface area (Å²) >= 11 is 2.25. The minimum absolute atomic E-state index is 0.406. The fraction of sp³-hybridized carbons (Fsp3) is 0.167. The first kappa shape index (κ1) is 22.6. The quantitative estimate of drug-likeness (QED) is 0.280. The Labute approximate surface area is 202 Å². The van der Waals surface area contributed by atoms with Crippen LogP contribution in [0.4, 0.5) is 0 Å². The fourth-order valence-electron chi connectivity index (χ4n) is 3.80. The predicted molar refractivity (Wildman–Crippen MR) is 138 cm³/mol. The topological polar surface area (TPSA) is 76.4 Å². The van der Waals surface area contributed by atoms with Gasteiger partial charge in [0.1, 0.15) is 11.8 Å². The van der Waals surface area contributed by atoms with E-state index in [4.69, 9.17) is 9.72 Å². The van der Waals surface area contributed by atoms with Crippen molar-refractivity contribution in [2.24, 2.45) is 0 Å². The number of ether oxygens (including phenoxy) is 1. The van der Waals surface area contributed by atoms with Crippen molar-refractivity contribution in [3.8, 4) is 28.0 Å². The van der Waals surface area contributed by atoms with Gasteiger partial charge in [0.2, 0.25) is 0 Å². The molecular weight excluding hydrogens is 537 g/mol. The van der Waals surface area contributed by atoms with E-state index in [2.05, 4.69) is 38.8 Å². The monoisotopic (exact) mass is 559 g/mol. The van der Waals surface area contributed by atoms with Crippen LogP contribution in [0.5, 0.6) is 5.75 Å². The summed E-state index contributed by atoms with van der Waals surface area (Å²) in [4.78, 5) is 16.2. The molecule has 2 aromatic heterocycles. The molecule has 0 saturated carbocycles. The first-order valence-corrected chi connectivity index (χ1v) is 13.3. The molecule has 8 heteroatoms.